The van der Waals surface area contributed by atoms with Gasteiger partial charge in [-0.05, 0) is 53.9 Å². The smallest absolute Gasteiger partial charge is 0.306 e. The van der Waals surface area contributed by atoms with Gasteiger partial charge in [-0.25, -0.2) is 0 Å². The average molecular weight is 412 g/mol. The predicted molar refractivity (Wildman–Crippen MR) is 115 cm³/mol. The maximum atomic E-state index is 13.3. The van der Waals surface area contributed by atoms with Crippen LogP contribution in [0.1, 0.15) is 36.2 Å². The first-order chi connectivity index (χ1) is 13.8. The molecule has 0 unspecified atom stereocenters. The minimum atomic E-state index is -3.60. The Morgan fingerprint density at radius 1 is 1.00 bits per heavy atom. The lowest BCUT2D eigenvalue weighted by molar-refractivity contribution is 0.0671. The Morgan fingerprint density at radius 3 is 2.41 bits per heavy atom. The van der Waals surface area contributed by atoms with Gasteiger partial charge in [0.2, 0.25) is 0 Å². The summed E-state index contributed by atoms with van der Waals surface area (Å²) in [6.07, 6.45) is 1.81. The second-order valence-electron chi connectivity index (χ2n) is 7.19. The third kappa shape index (κ3) is 5.35. The van der Waals surface area contributed by atoms with Crippen LogP contribution < -0.4 is 4.18 Å². The van der Waals surface area contributed by atoms with Crippen LogP contribution >= 0.6 is 0 Å². The summed E-state index contributed by atoms with van der Waals surface area (Å²) < 4.78 is 27.8. The first-order valence-corrected chi connectivity index (χ1v) is 11.4. The van der Waals surface area contributed by atoms with Crippen LogP contribution in [0.2, 0.25) is 0 Å². The third-order valence-electron chi connectivity index (χ3n) is 4.88. The molecule has 1 amide bonds. The van der Waals surface area contributed by atoms with E-state index in [1.54, 1.807) is 18.2 Å². The number of benzene rings is 3. The van der Waals surface area contributed by atoms with E-state index < -0.39 is 10.1 Å². The van der Waals surface area contributed by atoms with Crippen LogP contribution in [0.5, 0.6) is 5.75 Å². The molecule has 3 rings (SSSR count). The number of nitrogens with zero attached hydrogens (tertiary/aromatic N) is 1. The minimum absolute atomic E-state index is 0.0217. The van der Waals surface area contributed by atoms with Crippen molar-refractivity contribution in [3.05, 3.63) is 77.9 Å². The summed E-state index contributed by atoms with van der Waals surface area (Å²) in [6.45, 7) is 4.41. The second-order valence-corrected chi connectivity index (χ2v) is 8.76. The van der Waals surface area contributed by atoms with Crippen LogP contribution in [0, 0.1) is 0 Å². The number of hydrogen-bond acceptors (Lipinski definition) is 4. The van der Waals surface area contributed by atoms with E-state index in [0.29, 0.717) is 12.1 Å². The van der Waals surface area contributed by atoms with Crippen LogP contribution in [-0.2, 0) is 16.7 Å². The zero-order valence-corrected chi connectivity index (χ0v) is 17.6. The molecule has 0 fully saturated rings. The normalized spacial score (nSPS) is 12.5. The van der Waals surface area contributed by atoms with E-state index in [1.807, 2.05) is 67.3 Å². The first kappa shape index (κ1) is 20.9. The van der Waals surface area contributed by atoms with Crippen LogP contribution in [0.25, 0.3) is 10.8 Å². The molecule has 1 atom stereocenters. The molecule has 0 aliphatic rings. The lowest BCUT2D eigenvalue weighted by atomic mass is 10.0. The second kappa shape index (κ2) is 8.66. The molecule has 0 saturated carbocycles. The molecule has 3 aromatic carbocycles. The highest BCUT2D eigenvalue weighted by Crippen LogP contribution is 2.22. The molecule has 0 saturated heterocycles. The number of carbonyl (C=O) groups excluding carboxylic acids is 1. The largest absolute Gasteiger partial charge is 0.383 e. The topological polar surface area (TPSA) is 63.7 Å². The van der Waals surface area contributed by atoms with E-state index in [2.05, 4.69) is 0 Å². The molecular weight excluding hydrogens is 386 g/mol. The predicted octanol–water partition coefficient (Wildman–Crippen LogP) is 4.62. The fraction of sp³-hybridized carbons (Fsp3) is 0.261. The van der Waals surface area contributed by atoms with Gasteiger partial charge >= 0.3 is 10.1 Å². The van der Waals surface area contributed by atoms with Gasteiger partial charge in [-0.15, -0.1) is 0 Å². The number of hydrogen-bond donors (Lipinski definition) is 0. The maximum Gasteiger partial charge on any atom is 0.306 e. The average Bonchev–Trinajstić information content (AvgIpc) is 2.69. The Labute approximate surface area is 172 Å². The van der Waals surface area contributed by atoms with Gasteiger partial charge in [0.25, 0.3) is 5.91 Å². The van der Waals surface area contributed by atoms with Crippen LogP contribution in [-0.4, -0.2) is 31.5 Å². The van der Waals surface area contributed by atoms with Crippen molar-refractivity contribution >= 4 is 26.8 Å². The molecular formula is C23H25NO4S. The Balaban J connectivity index is 1.89. The van der Waals surface area contributed by atoms with Crippen LogP contribution in [0.4, 0.5) is 0 Å². The van der Waals surface area contributed by atoms with Crippen molar-refractivity contribution in [3.63, 3.8) is 0 Å². The maximum absolute atomic E-state index is 13.3. The van der Waals surface area contributed by atoms with Gasteiger partial charge in [-0.2, -0.15) is 8.42 Å². The molecule has 5 nitrogen and oxygen atoms in total. The van der Waals surface area contributed by atoms with Gasteiger partial charge in [0.05, 0.1) is 6.26 Å². The Kier molecular flexibility index (Phi) is 6.23. The molecule has 0 radical (unpaired) electrons. The summed E-state index contributed by atoms with van der Waals surface area (Å²) in [7, 11) is -3.60. The van der Waals surface area contributed by atoms with Gasteiger partial charge in [-0.1, -0.05) is 49.4 Å². The number of amides is 1. The summed E-state index contributed by atoms with van der Waals surface area (Å²) in [5.41, 5.74) is 1.44. The van der Waals surface area contributed by atoms with E-state index >= 15 is 0 Å². The Morgan fingerprint density at radius 2 is 1.72 bits per heavy atom. The first-order valence-electron chi connectivity index (χ1n) is 9.55. The van der Waals surface area contributed by atoms with Crippen molar-refractivity contribution in [1.29, 1.82) is 0 Å². The van der Waals surface area contributed by atoms with Crippen molar-refractivity contribution in [1.82, 2.24) is 4.90 Å². The molecule has 0 spiro atoms. The van der Waals surface area contributed by atoms with E-state index in [4.69, 9.17) is 4.18 Å². The monoisotopic (exact) mass is 411 g/mol. The molecule has 0 aromatic heterocycles. The molecule has 6 heteroatoms. The van der Waals surface area contributed by atoms with Gasteiger partial charge in [0, 0.05) is 18.2 Å². The lowest BCUT2D eigenvalue weighted by Crippen LogP contribution is -2.37. The molecule has 0 bridgehead atoms. The Hall–Kier alpha value is -2.86. The Bertz CT molecular complexity index is 1120. The van der Waals surface area contributed by atoms with E-state index in [9.17, 15) is 13.2 Å². The van der Waals surface area contributed by atoms with Crippen LogP contribution in [0.3, 0.4) is 0 Å². The van der Waals surface area contributed by atoms with Gasteiger partial charge < -0.3 is 9.08 Å². The quantitative estimate of drug-likeness (QED) is 0.532. The summed E-state index contributed by atoms with van der Waals surface area (Å²) >= 11 is 0. The standard InChI is InChI=1S/C23H25NO4S/c1-4-17(2)24(16-18-8-7-11-22(14-18)28-29(3,26)27)23(25)21-13-12-19-9-5-6-10-20(19)15-21/h5-15,17H,4,16H2,1-3H3/t17-/m0/s1. The third-order valence-corrected chi connectivity index (χ3v) is 5.37. The SMILES string of the molecule is CC[C@H](C)N(Cc1cccc(OS(C)(=O)=O)c1)C(=O)c1ccc2ccccc2c1. The van der Waals surface area contributed by atoms with E-state index in [1.165, 1.54) is 0 Å². The molecule has 0 heterocycles. The molecule has 0 aliphatic heterocycles. The molecule has 29 heavy (non-hydrogen) atoms. The zero-order chi connectivity index (χ0) is 21.0. The highest BCUT2D eigenvalue weighted by Gasteiger charge is 2.21. The summed E-state index contributed by atoms with van der Waals surface area (Å²) in [5, 5.41) is 2.11. The number of rotatable bonds is 7. The van der Waals surface area contributed by atoms with Gasteiger partial charge in [0.1, 0.15) is 5.75 Å². The molecule has 0 N–H and O–H groups in total. The fourth-order valence-electron chi connectivity index (χ4n) is 3.20. The lowest BCUT2D eigenvalue weighted by Gasteiger charge is -2.29. The van der Waals surface area contributed by atoms with Crippen molar-refractivity contribution in [2.24, 2.45) is 0 Å². The van der Waals surface area contributed by atoms with Crippen molar-refractivity contribution in [2.75, 3.05) is 6.26 Å². The zero-order valence-electron chi connectivity index (χ0n) is 16.8. The molecule has 3 aromatic rings. The number of fused-ring (bicyclic) bond motifs is 1. The molecule has 152 valence electrons. The van der Waals surface area contributed by atoms with Gasteiger partial charge in [-0.3, -0.25) is 4.79 Å². The number of carbonyl (C=O) groups is 1. The summed E-state index contributed by atoms with van der Waals surface area (Å²) in [4.78, 5) is 15.1. The van der Waals surface area contributed by atoms with Crippen LogP contribution in [0.15, 0.2) is 66.7 Å². The van der Waals surface area contributed by atoms with E-state index in [-0.39, 0.29) is 17.7 Å². The summed E-state index contributed by atoms with van der Waals surface area (Å²) in [5.74, 6) is 0.187. The van der Waals surface area contributed by atoms with E-state index in [0.717, 1.165) is 29.0 Å². The minimum Gasteiger partial charge on any atom is -0.383 e. The fourth-order valence-corrected chi connectivity index (χ4v) is 3.66. The van der Waals surface area contributed by atoms with Crippen molar-refractivity contribution in [3.8, 4) is 5.75 Å². The summed E-state index contributed by atoms with van der Waals surface area (Å²) in [6, 6.07) is 20.5. The molecule has 0 aliphatic carbocycles. The highest BCUT2D eigenvalue weighted by molar-refractivity contribution is 7.86. The van der Waals surface area contributed by atoms with Crippen molar-refractivity contribution in [2.45, 2.75) is 32.9 Å². The van der Waals surface area contributed by atoms with Gasteiger partial charge in [0.15, 0.2) is 0 Å². The van der Waals surface area contributed by atoms with Crippen molar-refractivity contribution < 1.29 is 17.4 Å². The highest BCUT2D eigenvalue weighted by atomic mass is 32.2.